The van der Waals surface area contributed by atoms with Crippen molar-refractivity contribution in [1.82, 2.24) is 0 Å². The van der Waals surface area contributed by atoms with E-state index in [9.17, 15) is 9.59 Å². The molecule has 0 bridgehead atoms. The number of carbonyl (C=O) groups excluding carboxylic acids is 1. The maximum absolute atomic E-state index is 12.4. The SMILES string of the molecule is CCC(N)c1ccc2c(c1)N(Cc1ccc(C(=O)O)cc1)C(=O)CO2. The highest BCUT2D eigenvalue weighted by Crippen LogP contribution is 2.35. The molecule has 1 aliphatic rings. The zero-order valence-electron chi connectivity index (χ0n) is 13.9. The van der Waals surface area contributed by atoms with E-state index in [1.54, 1.807) is 17.0 Å². The smallest absolute Gasteiger partial charge is 0.335 e. The molecule has 0 spiro atoms. The fraction of sp³-hybridized carbons (Fsp3) is 0.263. The Kier molecular flexibility index (Phi) is 4.72. The molecule has 0 aliphatic carbocycles. The van der Waals surface area contributed by atoms with Gasteiger partial charge >= 0.3 is 5.97 Å². The summed E-state index contributed by atoms with van der Waals surface area (Å²) in [5.74, 6) is -0.469. The lowest BCUT2D eigenvalue weighted by Crippen LogP contribution is -2.38. The zero-order chi connectivity index (χ0) is 18.0. The van der Waals surface area contributed by atoms with Crippen LogP contribution in [0, 0.1) is 0 Å². The summed E-state index contributed by atoms with van der Waals surface area (Å²) in [5.41, 5.74) is 8.81. The first-order chi connectivity index (χ1) is 12.0. The van der Waals surface area contributed by atoms with Crippen molar-refractivity contribution in [2.24, 2.45) is 5.73 Å². The lowest BCUT2D eigenvalue weighted by molar-refractivity contribution is -0.121. The van der Waals surface area contributed by atoms with Crippen molar-refractivity contribution >= 4 is 17.6 Å². The highest BCUT2D eigenvalue weighted by atomic mass is 16.5. The number of fused-ring (bicyclic) bond motifs is 1. The van der Waals surface area contributed by atoms with E-state index in [0.29, 0.717) is 18.0 Å². The van der Waals surface area contributed by atoms with Gasteiger partial charge in [-0.15, -0.1) is 0 Å². The monoisotopic (exact) mass is 340 g/mol. The third-order valence-electron chi connectivity index (χ3n) is 4.34. The topological polar surface area (TPSA) is 92.9 Å². The molecular weight excluding hydrogens is 320 g/mol. The molecule has 130 valence electrons. The van der Waals surface area contributed by atoms with Crippen LogP contribution in [0.5, 0.6) is 5.75 Å². The highest BCUT2D eigenvalue weighted by Gasteiger charge is 2.26. The Morgan fingerprint density at radius 3 is 2.64 bits per heavy atom. The summed E-state index contributed by atoms with van der Waals surface area (Å²) >= 11 is 0. The Balaban J connectivity index is 1.91. The number of aromatic carboxylic acids is 1. The summed E-state index contributed by atoms with van der Waals surface area (Å²) in [6.07, 6.45) is 0.796. The second-order valence-corrected chi connectivity index (χ2v) is 6.01. The molecule has 1 unspecified atom stereocenters. The third-order valence-corrected chi connectivity index (χ3v) is 4.34. The van der Waals surface area contributed by atoms with Crippen molar-refractivity contribution < 1.29 is 19.4 Å². The van der Waals surface area contributed by atoms with E-state index in [1.807, 2.05) is 25.1 Å². The molecule has 6 heteroatoms. The Labute approximate surface area is 145 Å². The van der Waals surface area contributed by atoms with Gasteiger partial charge in [-0.05, 0) is 41.8 Å². The van der Waals surface area contributed by atoms with E-state index in [2.05, 4.69) is 0 Å². The zero-order valence-corrected chi connectivity index (χ0v) is 13.9. The first-order valence-corrected chi connectivity index (χ1v) is 8.14. The van der Waals surface area contributed by atoms with Gasteiger partial charge < -0.3 is 20.5 Å². The van der Waals surface area contributed by atoms with E-state index in [1.165, 1.54) is 12.1 Å². The van der Waals surface area contributed by atoms with Crippen LogP contribution in [0.4, 0.5) is 5.69 Å². The predicted molar refractivity (Wildman–Crippen MR) is 93.7 cm³/mol. The molecule has 1 amide bonds. The number of ether oxygens (including phenoxy) is 1. The number of carboxylic acids is 1. The number of nitrogens with zero attached hydrogens (tertiary/aromatic N) is 1. The van der Waals surface area contributed by atoms with Crippen LogP contribution in [0.15, 0.2) is 42.5 Å². The Hall–Kier alpha value is -2.86. The van der Waals surface area contributed by atoms with Gasteiger partial charge in [0.2, 0.25) is 0 Å². The second kappa shape index (κ2) is 6.94. The van der Waals surface area contributed by atoms with Crippen molar-refractivity contribution in [3.8, 4) is 5.75 Å². The maximum Gasteiger partial charge on any atom is 0.335 e. The van der Waals surface area contributed by atoms with Gasteiger partial charge in [-0.1, -0.05) is 25.1 Å². The van der Waals surface area contributed by atoms with Crippen molar-refractivity contribution in [3.05, 3.63) is 59.2 Å². The normalized spacial score (nSPS) is 14.6. The lowest BCUT2D eigenvalue weighted by Gasteiger charge is -2.30. The van der Waals surface area contributed by atoms with Gasteiger partial charge in [0, 0.05) is 6.04 Å². The number of hydrogen-bond acceptors (Lipinski definition) is 4. The van der Waals surface area contributed by atoms with Crippen molar-refractivity contribution in [2.45, 2.75) is 25.9 Å². The van der Waals surface area contributed by atoms with Crippen LogP contribution < -0.4 is 15.4 Å². The summed E-state index contributed by atoms with van der Waals surface area (Å²) < 4.78 is 5.51. The highest BCUT2D eigenvalue weighted by molar-refractivity contribution is 5.98. The Morgan fingerprint density at radius 1 is 1.28 bits per heavy atom. The number of hydrogen-bond donors (Lipinski definition) is 2. The van der Waals surface area contributed by atoms with Gasteiger partial charge in [0.05, 0.1) is 17.8 Å². The molecule has 2 aromatic carbocycles. The molecule has 3 rings (SSSR count). The first-order valence-electron chi connectivity index (χ1n) is 8.14. The molecular formula is C19H20N2O4. The van der Waals surface area contributed by atoms with Crippen LogP contribution in [0.1, 0.15) is 40.9 Å². The second-order valence-electron chi connectivity index (χ2n) is 6.01. The van der Waals surface area contributed by atoms with Crippen molar-refractivity contribution in [3.63, 3.8) is 0 Å². The minimum absolute atomic E-state index is 0.0145. The lowest BCUT2D eigenvalue weighted by atomic mass is 10.0. The number of nitrogens with two attached hydrogens (primary N) is 1. The van der Waals surface area contributed by atoms with E-state index < -0.39 is 5.97 Å². The molecule has 25 heavy (non-hydrogen) atoms. The summed E-state index contributed by atoms with van der Waals surface area (Å²) in [5, 5.41) is 8.98. The molecule has 0 aromatic heterocycles. The molecule has 1 aliphatic heterocycles. The van der Waals surface area contributed by atoms with Gasteiger partial charge in [0.25, 0.3) is 5.91 Å². The average Bonchev–Trinajstić information content (AvgIpc) is 2.63. The maximum atomic E-state index is 12.4. The average molecular weight is 340 g/mol. The van der Waals surface area contributed by atoms with E-state index in [0.717, 1.165) is 17.5 Å². The predicted octanol–water partition coefficient (Wildman–Crippen LogP) is 2.72. The quantitative estimate of drug-likeness (QED) is 0.873. The Bertz CT molecular complexity index is 802. The number of anilines is 1. The standard InChI is InChI=1S/C19H20N2O4/c1-2-15(20)14-7-8-17-16(9-14)21(18(22)11-25-17)10-12-3-5-13(6-4-12)19(23)24/h3-9,15H,2,10-11,20H2,1H3,(H,23,24). The molecule has 6 nitrogen and oxygen atoms in total. The fourth-order valence-corrected chi connectivity index (χ4v) is 2.79. The minimum Gasteiger partial charge on any atom is -0.482 e. The molecule has 0 fully saturated rings. The van der Waals surface area contributed by atoms with Crippen LogP contribution in [0.25, 0.3) is 0 Å². The van der Waals surface area contributed by atoms with Crippen LogP contribution in [-0.4, -0.2) is 23.6 Å². The van der Waals surface area contributed by atoms with Crippen molar-refractivity contribution in [2.75, 3.05) is 11.5 Å². The van der Waals surface area contributed by atoms with E-state index in [4.69, 9.17) is 15.6 Å². The number of rotatable bonds is 5. The molecule has 3 N–H and O–H groups in total. The summed E-state index contributed by atoms with van der Waals surface area (Å²) in [6, 6.07) is 12.1. The largest absolute Gasteiger partial charge is 0.482 e. The Morgan fingerprint density at radius 2 is 2.00 bits per heavy atom. The molecule has 0 saturated carbocycles. The van der Waals surface area contributed by atoms with Crippen LogP contribution in [0.2, 0.25) is 0 Å². The molecule has 2 aromatic rings. The van der Waals surface area contributed by atoms with Crippen LogP contribution >= 0.6 is 0 Å². The van der Waals surface area contributed by atoms with Crippen molar-refractivity contribution in [1.29, 1.82) is 0 Å². The summed E-state index contributed by atoms with van der Waals surface area (Å²) in [6.45, 7) is 2.34. The van der Waals surface area contributed by atoms with Gasteiger partial charge in [-0.25, -0.2) is 4.79 Å². The fourth-order valence-electron chi connectivity index (χ4n) is 2.79. The first kappa shape index (κ1) is 17.0. The third kappa shape index (κ3) is 3.49. The van der Waals surface area contributed by atoms with Gasteiger partial charge in [-0.2, -0.15) is 0 Å². The van der Waals surface area contributed by atoms with Gasteiger partial charge in [0.1, 0.15) is 5.75 Å². The molecule has 1 heterocycles. The summed E-state index contributed by atoms with van der Waals surface area (Å²) in [7, 11) is 0. The molecule has 0 saturated heterocycles. The number of carbonyl (C=O) groups is 2. The van der Waals surface area contributed by atoms with E-state index in [-0.39, 0.29) is 24.1 Å². The molecule has 1 atom stereocenters. The number of carboxylic acid groups (broad SMARTS) is 1. The van der Waals surface area contributed by atoms with E-state index >= 15 is 0 Å². The van der Waals surface area contributed by atoms with Gasteiger partial charge in [-0.3, -0.25) is 4.79 Å². The van der Waals surface area contributed by atoms with Crippen LogP contribution in [-0.2, 0) is 11.3 Å². The number of benzene rings is 2. The molecule has 0 radical (unpaired) electrons. The number of amides is 1. The minimum atomic E-state index is -0.975. The summed E-state index contributed by atoms with van der Waals surface area (Å²) in [4.78, 5) is 25.0. The van der Waals surface area contributed by atoms with Crippen LogP contribution in [0.3, 0.4) is 0 Å². The van der Waals surface area contributed by atoms with Gasteiger partial charge in [0.15, 0.2) is 6.61 Å².